The van der Waals surface area contributed by atoms with E-state index in [-0.39, 0.29) is 12.5 Å². The number of amides is 1. The van der Waals surface area contributed by atoms with Crippen molar-refractivity contribution in [2.24, 2.45) is 0 Å². The third-order valence-corrected chi connectivity index (χ3v) is 5.69. The van der Waals surface area contributed by atoms with E-state index in [9.17, 15) is 4.79 Å². The Balaban J connectivity index is 1.66. The van der Waals surface area contributed by atoms with Gasteiger partial charge in [0, 0.05) is 22.9 Å². The lowest BCUT2D eigenvalue weighted by atomic mass is 10.1. The molecular weight excluding hydrogens is 480 g/mol. The van der Waals surface area contributed by atoms with Gasteiger partial charge in [-0.05, 0) is 82.9 Å². The van der Waals surface area contributed by atoms with E-state index < -0.39 is 0 Å². The van der Waals surface area contributed by atoms with Crippen LogP contribution in [0, 0.1) is 13.8 Å². The SMILES string of the molecule is COc1cc(CNc2cccc(Cl)c2C)cc(Br)c1OCC(=O)Nc1cccc(C)c1. The van der Waals surface area contributed by atoms with Gasteiger partial charge in [0.1, 0.15) is 0 Å². The maximum absolute atomic E-state index is 12.3. The molecule has 3 rings (SSSR count). The average Bonchev–Trinajstić information content (AvgIpc) is 2.73. The standard InChI is InChI=1S/C24H24BrClN2O3/c1-15-6-4-7-18(10-15)28-23(29)14-31-24-19(25)11-17(12-22(24)30-3)13-27-21-9-5-8-20(26)16(21)2/h4-12,27H,13-14H2,1-3H3,(H,28,29). The average molecular weight is 504 g/mol. The molecule has 7 heteroatoms. The predicted molar refractivity (Wildman–Crippen MR) is 130 cm³/mol. The van der Waals surface area contributed by atoms with E-state index in [2.05, 4.69) is 26.6 Å². The molecule has 5 nitrogen and oxygen atoms in total. The van der Waals surface area contributed by atoms with Crippen molar-refractivity contribution >= 4 is 44.8 Å². The van der Waals surface area contributed by atoms with Gasteiger partial charge in [-0.3, -0.25) is 4.79 Å². The quantitative estimate of drug-likeness (QED) is 0.376. The number of aryl methyl sites for hydroxylation is 1. The summed E-state index contributed by atoms with van der Waals surface area (Å²) in [6.45, 7) is 4.38. The first-order chi connectivity index (χ1) is 14.9. The number of carbonyl (C=O) groups is 1. The molecule has 0 saturated heterocycles. The highest BCUT2D eigenvalue weighted by Gasteiger charge is 2.14. The van der Waals surface area contributed by atoms with Gasteiger partial charge < -0.3 is 20.1 Å². The Morgan fingerprint density at radius 1 is 1.10 bits per heavy atom. The van der Waals surface area contributed by atoms with Crippen LogP contribution in [0.3, 0.4) is 0 Å². The molecule has 31 heavy (non-hydrogen) atoms. The van der Waals surface area contributed by atoms with E-state index in [0.29, 0.717) is 22.5 Å². The smallest absolute Gasteiger partial charge is 0.262 e. The largest absolute Gasteiger partial charge is 0.493 e. The molecule has 0 aliphatic carbocycles. The minimum absolute atomic E-state index is 0.137. The number of nitrogens with one attached hydrogen (secondary N) is 2. The van der Waals surface area contributed by atoms with Crippen LogP contribution in [0.2, 0.25) is 5.02 Å². The minimum atomic E-state index is -0.248. The number of carbonyl (C=O) groups excluding carboxylic acids is 1. The molecule has 0 fully saturated rings. The van der Waals surface area contributed by atoms with Crippen LogP contribution in [0.5, 0.6) is 11.5 Å². The van der Waals surface area contributed by atoms with Crippen molar-refractivity contribution < 1.29 is 14.3 Å². The van der Waals surface area contributed by atoms with Crippen molar-refractivity contribution in [1.29, 1.82) is 0 Å². The Morgan fingerprint density at radius 3 is 2.61 bits per heavy atom. The highest BCUT2D eigenvalue weighted by atomic mass is 79.9. The number of hydrogen-bond acceptors (Lipinski definition) is 4. The van der Waals surface area contributed by atoms with Crippen LogP contribution >= 0.6 is 27.5 Å². The summed E-state index contributed by atoms with van der Waals surface area (Å²) in [5.41, 5.74) is 4.75. The molecule has 0 aliphatic rings. The molecule has 0 aromatic heterocycles. The molecule has 0 unspecified atom stereocenters. The Morgan fingerprint density at radius 2 is 1.87 bits per heavy atom. The first-order valence-electron chi connectivity index (χ1n) is 9.72. The van der Waals surface area contributed by atoms with Gasteiger partial charge in [0.25, 0.3) is 5.91 Å². The van der Waals surface area contributed by atoms with Crippen molar-refractivity contribution in [3.63, 3.8) is 0 Å². The van der Waals surface area contributed by atoms with Crippen molar-refractivity contribution in [1.82, 2.24) is 0 Å². The lowest BCUT2D eigenvalue weighted by Gasteiger charge is -2.16. The summed E-state index contributed by atoms with van der Waals surface area (Å²) in [7, 11) is 1.57. The zero-order chi connectivity index (χ0) is 22.4. The lowest BCUT2D eigenvalue weighted by molar-refractivity contribution is -0.118. The number of halogens is 2. The molecule has 2 N–H and O–H groups in total. The van der Waals surface area contributed by atoms with E-state index in [4.69, 9.17) is 21.1 Å². The number of benzene rings is 3. The molecule has 0 atom stereocenters. The van der Waals surface area contributed by atoms with Gasteiger partial charge in [-0.15, -0.1) is 0 Å². The van der Waals surface area contributed by atoms with Crippen LogP contribution < -0.4 is 20.1 Å². The van der Waals surface area contributed by atoms with Gasteiger partial charge in [-0.2, -0.15) is 0 Å². The minimum Gasteiger partial charge on any atom is -0.493 e. The van der Waals surface area contributed by atoms with Gasteiger partial charge in [0.2, 0.25) is 0 Å². The summed E-state index contributed by atoms with van der Waals surface area (Å²) >= 11 is 9.72. The van der Waals surface area contributed by atoms with E-state index in [1.807, 2.05) is 68.4 Å². The van der Waals surface area contributed by atoms with Crippen molar-refractivity contribution in [2.45, 2.75) is 20.4 Å². The van der Waals surface area contributed by atoms with E-state index in [1.54, 1.807) is 7.11 Å². The van der Waals surface area contributed by atoms with Gasteiger partial charge >= 0.3 is 0 Å². The molecule has 3 aromatic rings. The topological polar surface area (TPSA) is 59.6 Å². The molecule has 0 radical (unpaired) electrons. The Labute approximate surface area is 195 Å². The monoisotopic (exact) mass is 502 g/mol. The molecule has 0 heterocycles. The van der Waals surface area contributed by atoms with Crippen LogP contribution in [0.15, 0.2) is 59.1 Å². The fourth-order valence-electron chi connectivity index (χ4n) is 3.07. The number of rotatable bonds is 8. The molecule has 0 aliphatic heterocycles. The molecular formula is C24H24BrClN2O3. The Bertz CT molecular complexity index is 1090. The molecule has 3 aromatic carbocycles. The zero-order valence-corrected chi connectivity index (χ0v) is 19.9. The number of anilines is 2. The summed E-state index contributed by atoms with van der Waals surface area (Å²) in [6, 6.07) is 17.2. The molecule has 0 bridgehead atoms. The number of hydrogen-bond donors (Lipinski definition) is 2. The van der Waals surface area contributed by atoms with E-state index in [0.717, 1.165) is 33.1 Å². The number of ether oxygens (including phenoxy) is 2. The first kappa shape index (κ1) is 23.0. The van der Waals surface area contributed by atoms with Crippen molar-refractivity contribution in [3.8, 4) is 11.5 Å². The second kappa shape index (κ2) is 10.6. The van der Waals surface area contributed by atoms with Crippen LogP contribution in [-0.4, -0.2) is 19.6 Å². The Kier molecular flexibility index (Phi) is 7.82. The third kappa shape index (κ3) is 6.15. The maximum Gasteiger partial charge on any atom is 0.262 e. The van der Waals surface area contributed by atoms with Gasteiger partial charge in [-0.25, -0.2) is 0 Å². The zero-order valence-electron chi connectivity index (χ0n) is 17.6. The summed E-state index contributed by atoms with van der Waals surface area (Å²) in [5.74, 6) is 0.767. The highest BCUT2D eigenvalue weighted by molar-refractivity contribution is 9.10. The van der Waals surface area contributed by atoms with Crippen molar-refractivity contribution in [2.75, 3.05) is 24.4 Å². The van der Waals surface area contributed by atoms with Crippen molar-refractivity contribution in [3.05, 3.63) is 80.8 Å². The lowest BCUT2D eigenvalue weighted by Crippen LogP contribution is -2.20. The molecule has 1 amide bonds. The normalized spacial score (nSPS) is 10.5. The third-order valence-electron chi connectivity index (χ3n) is 4.69. The molecule has 0 saturated carbocycles. The van der Waals surface area contributed by atoms with Gasteiger partial charge in [0.05, 0.1) is 11.6 Å². The second-order valence-corrected chi connectivity index (χ2v) is 8.34. The van der Waals surface area contributed by atoms with E-state index >= 15 is 0 Å². The first-order valence-corrected chi connectivity index (χ1v) is 10.9. The summed E-state index contributed by atoms with van der Waals surface area (Å²) in [4.78, 5) is 12.3. The van der Waals surface area contributed by atoms with Gasteiger partial charge in [0.15, 0.2) is 18.1 Å². The fourth-order valence-corrected chi connectivity index (χ4v) is 3.85. The van der Waals surface area contributed by atoms with Crippen LogP contribution in [0.25, 0.3) is 0 Å². The second-order valence-electron chi connectivity index (χ2n) is 7.08. The maximum atomic E-state index is 12.3. The summed E-state index contributed by atoms with van der Waals surface area (Å²) < 4.78 is 11.9. The van der Waals surface area contributed by atoms with Crippen LogP contribution in [0.4, 0.5) is 11.4 Å². The Hall–Kier alpha value is -2.70. The van der Waals surface area contributed by atoms with Gasteiger partial charge in [-0.1, -0.05) is 29.8 Å². The molecule has 0 spiro atoms. The highest BCUT2D eigenvalue weighted by Crippen LogP contribution is 2.37. The summed E-state index contributed by atoms with van der Waals surface area (Å²) in [6.07, 6.45) is 0. The fraction of sp³-hybridized carbons (Fsp3) is 0.208. The van der Waals surface area contributed by atoms with E-state index in [1.165, 1.54) is 0 Å². The molecule has 162 valence electrons. The van der Waals surface area contributed by atoms with Crippen LogP contribution in [-0.2, 0) is 11.3 Å². The van der Waals surface area contributed by atoms with Crippen LogP contribution in [0.1, 0.15) is 16.7 Å². The summed E-state index contributed by atoms with van der Waals surface area (Å²) in [5, 5.41) is 6.93. The predicted octanol–water partition coefficient (Wildman–Crippen LogP) is 6.36. The number of methoxy groups -OCH3 is 1.